The summed E-state index contributed by atoms with van der Waals surface area (Å²) in [6.45, 7) is 0.714. The Hall–Kier alpha value is -2.67. The van der Waals surface area contributed by atoms with Crippen molar-refractivity contribution in [2.24, 2.45) is 0 Å². The molecule has 0 spiro atoms. The van der Waals surface area contributed by atoms with Crippen LogP contribution in [0.15, 0.2) is 36.4 Å². The molecular formula is C20H24N4O3. The Balaban J connectivity index is 1.51. The average Bonchev–Trinajstić information content (AvgIpc) is 3.44. The SMILES string of the molecule is O=C(CN1CCCCC1C(=O)O)Nc1cc(C2CC2)nn1-c1ccccc1. The Morgan fingerprint density at radius 1 is 1.15 bits per heavy atom. The van der Waals surface area contributed by atoms with Gasteiger partial charge in [0.15, 0.2) is 0 Å². The summed E-state index contributed by atoms with van der Waals surface area (Å²) >= 11 is 0. The first-order chi connectivity index (χ1) is 13.1. The lowest BCUT2D eigenvalue weighted by atomic mass is 10.0. The number of nitrogens with zero attached hydrogens (tertiary/aromatic N) is 3. The van der Waals surface area contributed by atoms with Crippen molar-refractivity contribution in [2.75, 3.05) is 18.4 Å². The molecule has 1 aromatic heterocycles. The summed E-state index contributed by atoms with van der Waals surface area (Å²) < 4.78 is 1.76. The van der Waals surface area contributed by atoms with E-state index in [2.05, 4.69) is 10.4 Å². The van der Waals surface area contributed by atoms with Crippen LogP contribution in [0.5, 0.6) is 0 Å². The second-order valence-electron chi connectivity index (χ2n) is 7.34. The van der Waals surface area contributed by atoms with Gasteiger partial charge in [0.1, 0.15) is 11.9 Å². The molecule has 1 saturated heterocycles. The Labute approximate surface area is 158 Å². The molecule has 1 unspecified atom stereocenters. The molecule has 1 aromatic carbocycles. The fourth-order valence-electron chi connectivity index (χ4n) is 3.66. The van der Waals surface area contributed by atoms with Crippen molar-refractivity contribution in [3.63, 3.8) is 0 Å². The molecule has 2 fully saturated rings. The third-order valence-electron chi connectivity index (χ3n) is 5.24. The van der Waals surface area contributed by atoms with E-state index in [9.17, 15) is 14.7 Å². The Kier molecular flexibility index (Phi) is 4.94. The maximum absolute atomic E-state index is 12.6. The van der Waals surface area contributed by atoms with Crippen molar-refractivity contribution in [3.05, 3.63) is 42.1 Å². The summed E-state index contributed by atoms with van der Waals surface area (Å²) in [7, 11) is 0. The zero-order chi connectivity index (χ0) is 18.8. The molecule has 0 radical (unpaired) electrons. The molecule has 2 heterocycles. The summed E-state index contributed by atoms with van der Waals surface area (Å²) in [4.78, 5) is 25.8. The largest absolute Gasteiger partial charge is 0.480 e. The number of amides is 1. The first-order valence-electron chi connectivity index (χ1n) is 9.54. The van der Waals surface area contributed by atoms with Gasteiger partial charge in [-0.25, -0.2) is 4.68 Å². The second kappa shape index (κ2) is 7.52. The number of anilines is 1. The van der Waals surface area contributed by atoms with E-state index in [1.54, 1.807) is 9.58 Å². The van der Waals surface area contributed by atoms with Crippen LogP contribution in [0.4, 0.5) is 5.82 Å². The highest BCUT2D eigenvalue weighted by molar-refractivity contribution is 5.92. The van der Waals surface area contributed by atoms with Crippen LogP contribution in [0, 0.1) is 0 Å². The number of benzene rings is 1. The molecule has 1 amide bonds. The smallest absolute Gasteiger partial charge is 0.320 e. The minimum Gasteiger partial charge on any atom is -0.480 e. The van der Waals surface area contributed by atoms with Crippen LogP contribution in [-0.2, 0) is 9.59 Å². The highest BCUT2D eigenvalue weighted by Gasteiger charge is 2.31. The summed E-state index contributed by atoms with van der Waals surface area (Å²) in [5.74, 6) is 0.0523. The van der Waals surface area contributed by atoms with Gasteiger partial charge in [-0.2, -0.15) is 5.10 Å². The van der Waals surface area contributed by atoms with Gasteiger partial charge in [-0.1, -0.05) is 24.6 Å². The number of aliphatic carboxylic acids is 1. The zero-order valence-electron chi connectivity index (χ0n) is 15.2. The van der Waals surface area contributed by atoms with E-state index in [1.165, 1.54) is 0 Å². The van der Waals surface area contributed by atoms with E-state index in [4.69, 9.17) is 0 Å². The standard InChI is InChI=1S/C20H24N4O3/c25-19(13-23-11-5-4-8-17(23)20(26)27)21-18-12-16(14-9-10-14)22-24(18)15-6-2-1-3-7-15/h1-3,6-7,12,14,17H,4-5,8-11,13H2,(H,21,25)(H,26,27). The molecule has 2 aromatic rings. The minimum atomic E-state index is -0.854. The highest BCUT2D eigenvalue weighted by Crippen LogP contribution is 2.40. The highest BCUT2D eigenvalue weighted by atomic mass is 16.4. The van der Waals surface area contributed by atoms with Gasteiger partial charge in [0.2, 0.25) is 5.91 Å². The minimum absolute atomic E-state index is 0.0791. The van der Waals surface area contributed by atoms with Gasteiger partial charge in [-0.3, -0.25) is 14.5 Å². The van der Waals surface area contributed by atoms with Crippen molar-refractivity contribution in [3.8, 4) is 5.69 Å². The van der Waals surface area contributed by atoms with E-state index in [-0.39, 0.29) is 12.5 Å². The lowest BCUT2D eigenvalue weighted by molar-refractivity contribution is -0.145. The van der Waals surface area contributed by atoms with E-state index < -0.39 is 12.0 Å². The average molecular weight is 368 g/mol. The summed E-state index contributed by atoms with van der Waals surface area (Å²) in [6, 6.07) is 11.1. The number of aromatic nitrogens is 2. The van der Waals surface area contributed by atoms with Gasteiger partial charge in [-0.05, 0) is 44.4 Å². The fraction of sp³-hybridized carbons (Fsp3) is 0.450. The van der Waals surface area contributed by atoms with Gasteiger partial charge in [0.25, 0.3) is 0 Å². The fourth-order valence-corrected chi connectivity index (χ4v) is 3.66. The van der Waals surface area contributed by atoms with Gasteiger partial charge in [0.05, 0.1) is 17.9 Å². The van der Waals surface area contributed by atoms with E-state index in [1.807, 2.05) is 36.4 Å². The van der Waals surface area contributed by atoms with Crippen molar-refractivity contribution in [2.45, 2.75) is 44.1 Å². The van der Waals surface area contributed by atoms with Gasteiger partial charge >= 0.3 is 5.97 Å². The van der Waals surface area contributed by atoms with E-state index in [0.29, 0.717) is 24.7 Å². The number of likely N-dealkylation sites (tertiary alicyclic amines) is 1. The van der Waals surface area contributed by atoms with Crippen LogP contribution in [0.1, 0.15) is 43.7 Å². The number of rotatable bonds is 6. The number of hydrogen-bond donors (Lipinski definition) is 2. The predicted octanol–water partition coefficient (Wildman–Crippen LogP) is 2.63. The molecule has 1 aliphatic heterocycles. The number of piperidine rings is 1. The summed E-state index contributed by atoms with van der Waals surface area (Å²) in [5.41, 5.74) is 1.89. The Morgan fingerprint density at radius 3 is 2.63 bits per heavy atom. The number of carbonyl (C=O) groups excluding carboxylic acids is 1. The van der Waals surface area contributed by atoms with Crippen molar-refractivity contribution in [1.29, 1.82) is 0 Å². The van der Waals surface area contributed by atoms with Gasteiger partial charge in [-0.15, -0.1) is 0 Å². The molecule has 7 nitrogen and oxygen atoms in total. The number of para-hydroxylation sites is 1. The summed E-state index contributed by atoms with van der Waals surface area (Å²) in [6.07, 6.45) is 4.67. The Bertz CT molecular complexity index is 829. The summed E-state index contributed by atoms with van der Waals surface area (Å²) in [5, 5.41) is 17.0. The predicted molar refractivity (Wildman–Crippen MR) is 101 cm³/mol. The van der Waals surface area contributed by atoms with Crippen LogP contribution in [0.3, 0.4) is 0 Å². The monoisotopic (exact) mass is 368 g/mol. The van der Waals surface area contributed by atoms with E-state index in [0.717, 1.165) is 37.1 Å². The maximum Gasteiger partial charge on any atom is 0.320 e. The lowest BCUT2D eigenvalue weighted by Crippen LogP contribution is -2.47. The molecule has 0 bridgehead atoms. The van der Waals surface area contributed by atoms with Gasteiger partial charge in [0, 0.05) is 12.0 Å². The van der Waals surface area contributed by atoms with Crippen molar-refractivity contribution >= 4 is 17.7 Å². The molecule has 1 aliphatic carbocycles. The van der Waals surface area contributed by atoms with Crippen LogP contribution in [0.2, 0.25) is 0 Å². The third kappa shape index (κ3) is 4.03. The number of nitrogens with one attached hydrogen (secondary N) is 1. The van der Waals surface area contributed by atoms with E-state index >= 15 is 0 Å². The lowest BCUT2D eigenvalue weighted by Gasteiger charge is -2.32. The molecule has 2 N–H and O–H groups in total. The van der Waals surface area contributed by atoms with Crippen LogP contribution in [-0.4, -0.2) is 50.8 Å². The van der Waals surface area contributed by atoms with Gasteiger partial charge < -0.3 is 10.4 Å². The first-order valence-corrected chi connectivity index (χ1v) is 9.54. The molecule has 1 atom stereocenters. The second-order valence-corrected chi connectivity index (χ2v) is 7.34. The quantitative estimate of drug-likeness (QED) is 0.818. The Morgan fingerprint density at radius 2 is 1.93 bits per heavy atom. The number of carboxylic acid groups (broad SMARTS) is 1. The third-order valence-corrected chi connectivity index (χ3v) is 5.24. The molecular weight excluding hydrogens is 344 g/mol. The van der Waals surface area contributed by atoms with Crippen LogP contribution >= 0.6 is 0 Å². The number of hydrogen-bond acceptors (Lipinski definition) is 4. The molecule has 142 valence electrons. The molecule has 1 saturated carbocycles. The van der Waals surface area contributed by atoms with Crippen molar-refractivity contribution < 1.29 is 14.7 Å². The molecule has 7 heteroatoms. The maximum atomic E-state index is 12.6. The molecule has 2 aliphatic rings. The molecule has 4 rings (SSSR count). The normalized spacial score (nSPS) is 20.4. The number of carboxylic acids is 1. The van der Waals surface area contributed by atoms with Crippen LogP contribution < -0.4 is 5.32 Å². The topological polar surface area (TPSA) is 87.5 Å². The molecule has 27 heavy (non-hydrogen) atoms. The van der Waals surface area contributed by atoms with Crippen molar-refractivity contribution in [1.82, 2.24) is 14.7 Å². The zero-order valence-corrected chi connectivity index (χ0v) is 15.2. The first kappa shape index (κ1) is 17.7. The van der Waals surface area contributed by atoms with Crippen LogP contribution in [0.25, 0.3) is 5.69 Å². The number of carbonyl (C=O) groups is 2.